The predicted molar refractivity (Wildman–Crippen MR) is 91.1 cm³/mol. The second-order valence-corrected chi connectivity index (χ2v) is 5.02. The fourth-order valence-corrected chi connectivity index (χ4v) is 2.03. The molecular formula is C18H15N3O3. The smallest absolute Gasteiger partial charge is 0.269 e. The normalized spacial score (nSPS) is 10.8. The molecule has 120 valence electrons. The Morgan fingerprint density at radius 1 is 1.21 bits per heavy atom. The van der Waals surface area contributed by atoms with E-state index in [2.05, 4.69) is 5.32 Å². The lowest BCUT2D eigenvalue weighted by atomic mass is 10.1. The second-order valence-electron chi connectivity index (χ2n) is 5.02. The number of hydrogen-bond donors (Lipinski definition) is 1. The first-order valence-corrected chi connectivity index (χ1v) is 7.30. The summed E-state index contributed by atoms with van der Waals surface area (Å²) in [6, 6.07) is 14.8. The molecule has 0 bridgehead atoms. The first kappa shape index (κ1) is 16.9. The topological polar surface area (TPSA) is 96.0 Å². The van der Waals surface area contributed by atoms with Crippen LogP contribution in [-0.4, -0.2) is 10.8 Å². The summed E-state index contributed by atoms with van der Waals surface area (Å²) in [4.78, 5) is 22.3. The Kier molecular flexibility index (Phi) is 5.42. The van der Waals surface area contributed by atoms with Crippen LogP contribution >= 0.6 is 0 Å². The van der Waals surface area contributed by atoms with Gasteiger partial charge in [0, 0.05) is 17.8 Å². The summed E-state index contributed by atoms with van der Waals surface area (Å²) in [6.07, 6.45) is 2.29. The lowest BCUT2D eigenvalue weighted by Gasteiger charge is -2.05. The molecule has 2 aromatic rings. The SMILES string of the molecule is CCc1ccc(NC(=O)/C(C#N)=C/c2ccc([N+](=O)[O-])cc2)cc1. The molecule has 0 unspecified atom stereocenters. The fourth-order valence-electron chi connectivity index (χ4n) is 2.03. The molecule has 0 aliphatic carbocycles. The quantitative estimate of drug-likeness (QED) is 0.393. The molecule has 0 aliphatic rings. The minimum atomic E-state index is -0.528. The van der Waals surface area contributed by atoms with Gasteiger partial charge in [0.2, 0.25) is 0 Å². The van der Waals surface area contributed by atoms with E-state index in [9.17, 15) is 20.2 Å². The van der Waals surface area contributed by atoms with Crippen molar-refractivity contribution in [2.24, 2.45) is 0 Å². The number of benzene rings is 2. The molecule has 0 fully saturated rings. The molecule has 0 radical (unpaired) electrons. The highest BCUT2D eigenvalue weighted by molar-refractivity contribution is 6.09. The van der Waals surface area contributed by atoms with Crippen molar-refractivity contribution in [1.29, 1.82) is 5.26 Å². The van der Waals surface area contributed by atoms with E-state index >= 15 is 0 Å². The van der Waals surface area contributed by atoms with Gasteiger partial charge in [0.25, 0.3) is 11.6 Å². The van der Waals surface area contributed by atoms with Gasteiger partial charge in [-0.3, -0.25) is 14.9 Å². The lowest BCUT2D eigenvalue weighted by molar-refractivity contribution is -0.384. The van der Waals surface area contributed by atoms with Crippen LogP contribution in [0, 0.1) is 21.4 Å². The zero-order chi connectivity index (χ0) is 17.5. The van der Waals surface area contributed by atoms with Crippen molar-refractivity contribution >= 4 is 23.4 Å². The van der Waals surface area contributed by atoms with E-state index in [0.29, 0.717) is 11.3 Å². The van der Waals surface area contributed by atoms with Crippen LogP contribution in [-0.2, 0) is 11.2 Å². The maximum atomic E-state index is 12.2. The summed E-state index contributed by atoms with van der Waals surface area (Å²) in [5.74, 6) is -0.528. The Hall–Kier alpha value is -3.46. The number of aryl methyl sites for hydroxylation is 1. The predicted octanol–water partition coefficient (Wildman–Crippen LogP) is 3.70. The van der Waals surface area contributed by atoms with Crippen molar-refractivity contribution in [1.82, 2.24) is 0 Å². The van der Waals surface area contributed by atoms with Crippen molar-refractivity contribution in [3.63, 3.8) is 0 Å². The van der Waals surface area contributed by atoms with Gasteiger partial charge in [-0.15, -0.1) is 0 Å². The molecule has 0 atom stereocenters. The number of nitro groups is 1. The number of amides is 1. The number of nitrogens with zero attached hydrogens (tertiary/aromatic N) is 2. The van der Waals surface area contributed by atoms with Crippen LogP contribution < -0.4 is 5.32 Å². The van der Waals surface area contributed by atoms with Gasteiger partial charge in [-0.25, -0.2) is 0 Å². The van der Waals surface area contributed by atoms with Gasteiger partial charge >= 0.3 is 0 Å². The molecule has 0 saturated heterocycles. The van der Waals surface area contributed by atoms with Crippen LogP contribution in [0.25, 0.3) is 6.08 Å². The van der Waals surface area contributed by atoms with Gasteiger partial charge in [-0.05, 0) is 47.9 Å². The standard InChI is InChI=1S/C18H15N3O3/c1-2-13-3-7-16(8-4-13)20-18(22)15(12-19)11-14-5-9-17(10-6-14)21(23)24/h3-11H,2H2,1H3,(H,20,22)/b15-11+. The minimum absolute atomic E-state index is 0.0499. The minimum Gasteiger partial charge on any atom is -0.321 e. The largest absolute Gasteiger partial charge is 0.321 e. The number of hydrogen-bond acceptors (Lipinski definition) is 4. The molecule has 0 aliphatic heterocycles. The number of non-ortho nitro benzene ring substituents is 1. The molecule has 2 rings (SSSR count). The van der Waals surface area contributed by atoms with Crippen molar-refractivity contribution in [3.8, 4) is 6.07 Å². The summed E-state index contributed by atoms with van der Waals surface area (Å²) < 4.78 is 0. The number of carbonyl (C=O) groups is 1. The van der Waals surface area contributed by atoms with Crippen LogP contribution in [0.5, 0.6) is 0 Å². The average molecular weight is 321 g/mol. The third-order valence-corrected chi connectivity index (χ3v) is 3.40. The second kappa shape index (κ2) is 7.70. The monoisotopic (exact) mass is 321 g/mol. The van der Waals surface area contributed by atoms with Gasteiger partial charge < -0.3 is 5.32 Å². The highest BCUT2D eigenvalue weighted by Gasteiger charge is 2.10. The molecule has 0 heterocycles. The zero-order valence-electron chi connectivity index (χ0n) is 13.0. The first-order valence-electron chi connectivity index (χ1n) is 7.30. The Morgan fingerprint density at radius 3 is 2.33 bits per heavy atom. The molecule has 1 amide bonds. The number of anilines is 1. The Morgan fingerprint density at radius 2 is 1.83 bits per heavy atom. The number of nitro benzene ring substituents is 1. The molecule has 6 nitrogen and oxygen atoms in total. The summed E-state index contributed by atoms with van der Waals surface area (Å²) >= 11 is 0. The molecule has 2 aromatic carbocycles. The van der Waals surface area contributed by atoms with Crippen LogP contribution in [0.4, 0.5) is 11.4 Å². The van der Waals surface area contributed by atoms with E-state index in [1.54, 1.807) is 12.1 Å². The van der Waals surface area contributed by atoms with Crippen molar-refractivity contribution in [2.45, 2.75) is 13.3 Å². The van der Waals surface area contributed by atoms with E-state index < -0.39 is 10.8 Å². The van der Waals surface area contributed by atoms with Gasteiger partial charge in [-0.2, -0.15) is 5.26 Å². The Balaban J connectivity index is 2.15. The summed E-state index contributed by atoms with van der Waals surface area (Å²) in [5, 5.41) is 22.5. The summed E-state index contributed by atoms with van der Waals surface area (Å²) in [7, 11) is 0. The van der Waals surface area contributed by atoms with E-state index in [4.69, 9.17) is 0 Å². The van der Waals surface area contributed by atoms with E-state index in [1.807, 2.05) is 25.1 Å². The summed E-state index contributed by atoms with van der Waals surface area (Å²) in [6.45, 7) is 2.04. The van der Waals surface area contributed by atoms with E-state index in [1.165, 1.54) is 30.3 Å². The number of nitriles is 1. The number of carbonyl (C=O) groups excluding carboxylic acids is 1. The highest BCUT2D eigenvalue weighted by Crippen LogP contribution is 2.16. The first-order chi connectivity index (χ1) is 11.5. The molecule has 0 saturated carbocycles. The number of nitrogens with one attached hydrogen (secondary N) is 1. The van der Waals surface area contributed by atoms with Crippen molar-refractivity contribution in [2.75, 3.05) is 5.32 Å². The van der Waals surface area contributed by atoms with Crippen molar-refractivity contribution in [3.05, 3.63) is 75.3 Å². The van der Waals surface area contributed by atoms with Gasteiger partial charge in [0.05, 0.1) is 4.92 Å². The van der Waals surface area contributed by atoms with Crippen LogP contribution in [0.2, 0.25) is 0 Å². The zero-order valence-corrected chi connectivity index (χ0v) is 13.0. The molecule has 1 N–H and O–H groups in total. The third kappa shape index (κ3) is 4.27. The molecule has 0 spiro atoms. The van der Waals surface area contributed by atoms with Crippen molar-refractivity contribution < 1.29 is 9.72 Å². The highest BCUT2D eigenvalue weighted by atomic mass is 16.6. The average Bonchev–Trinajstić information content (AvgIpc) is 2.60. The Labute approximate surface area is 139 Å². The molecular weight excluding hydrogens is 306 g/mol. The number of rotatable bonds is 5. The molecule has 0 aromatic heterocycles. The maximum absolute atomic E-state index is 12.2. The van der Waals surface area contributed by atoms with E-state index in [-0.39, 0.29) is 11.3 Å². The third-order valence-electron chi connectivity index (χ3n) is 3.40. The van der Waals surface area contributed by atoms with E-state index in [0.717, 1.165) is 12.0 Å². The van der Waals surface area contributed by atoms with Crippen LogP contribution in [0.1, 0.15) is 18.1 Å². The molecule has 24 heavy (non-hydrogen) atoms. The Bertz CT molecular complexity index is 816. The van der Waals surface area contributed by atoms with Crippen LogP contribution in [0.15, 0.2) is 54.1 Å². The van der Waals surface area contributed by atoms with Gasteiger partial charge in [-0.1, -0.05) is 19.1 Å². The summed E-state index contributed by atoms with van der Waals surface area (Å²) in [5.41, 5.74) is 2.15. The maximum Gasteiger partial charge on any atom is 0.269 e. The van der Waals surface area contributed by atoms with Gasteiger partial charge in [0.15, 0.2) is 0 Å². The lowest BCUT2D eigenvalue weighted by Crippen LogP contribution is -2.13. The fraction of sp³-hybridized carbons (Fsp3) is 0.111. The van der Waals surface area contributed by atoms with Crippen LogP contribution in [0.3, 0.4) is 0 Å². The van der Waals surface area contributed by atoms with Gasteiger partial charge in [0.1, 0.15) is 11.6 Å². The molecule has 6 heteroatoms.